The fourth-order valence-corrected chi connectivity index (χ4v) is 3.79. The molecular formula is C23H18ClN5O3. The van der Waals surface area contributed by atoms with Crippen molar-refractivity contribution in [3.05, 3.63) is 99.4 Å². The van der Waals surface area contributed by atoms with Gasteiger partial charge < -0.3 is 11.1 Å². The van der Waals surface area contributed by atoms with Crippen LogP contribution in [0.1, 0.15) is 39.6 Å². The Morgan fingerprint density at radius 1 is 1.03 bits per heavy atom. The van der Waals surface area contributed by atoms with Crippen LogP contribution in [0.2, 0.25) is 5.02 Å². The van der Waals surface area contributed by atoms with E-state index >= 15 is 0 Å². The first-order chi connectivity index (χ1) is 15.4. The number of nitrogens with two attached hydrogens (primary N) is 1. The highest BCUT2D eigenvalue weighted by Crippen LogP contribution is 2.25. The summed E-state index contributed by atoms with van der Waals surface area (Å²) in [6, 6.07) is 15.4. The third-order valence-corrected chi connectivity index (χ3v) is 5.29. The first-order valence-corrected chi connectivity index (χ1v) is 10.1. The number of primary amides is 1. The number of hydrogen-bond acceptors (Lipinski definition) is 5. The van der Waals surface area contributed by atoms with Gasteiger partial charge in [-0.15, -0.1) is 0 Å². The number of fused-ring (bicyclic) bond motifs is 1. The van der Waals surface area contributed by atoms with Crippen molar-refractivity contribution in [3.63, 3.8) is 0 Å². The molecule has 2 aromatic heterocycles. The van der Waals surface area contributed by atoms with E-state index in [2.05, 4.69) is 15.3 Å². The number of para-hydroxylation sites is 1. The molecule has 0 spiro atoms. The van der Waals surface area contributed by atoms with Crippen LogP contribution in [0.4, 0.5) is 0 Å². The molecular weight excluding hydrogens is 430 g/mol. The van der Waals surface area contributed by atoms with Crippen LogP contribution in [-0.4, -0.2) is 26.3 Å². The Morgan fingerprint density at radius 2 is 1.72 bits per heavy atom. The fraction of sp³-hybridized carbons (Fsp3) is 0.0870. The molecule has 1 unspecified atom stereocenters. The number of amides is 2. The second kappa shape index (κ2) is 8.60. The van der Waals surface area contributed by atoms with Gasteiger partial charge in [0, 0.05) is 23.8 Å². The average molecular weight is 448 g/mol. The third-order valence-electron chi connectivity index (χ3n) is 4.98. The van der Waals surface area contributed by atoms with E-state index in [4.69, 9.17) is 17.3 Å². The van der Waals surface area contributed by atoms with Gasteiger partial charge in [0.05, 0.1) is 16.5 Å². The molecule has 2 heterocycles. The van der Waals surface area contributed by atoms with Crippen molar-refractivity contribution in [2.75, 3.05) is 0 Å². The molecule has 0 aliphatic heterocycles. The normalized spacial score (nSPS) is 11.8. The Morgan fingerprint density at radius 3 is 2.41 bits per heavy atom. The Hall–Kier alpha value is -4.04. The molecule has 9 heteroatoms. The lowest BCUT2D eigenvalue weighted by Crippen LogP contribution is -2.34. The number of nitrogens with one attached hydrogen (secondary N) is 1. The number of carbonyl (C=O) groups is 2. The number of carbonyl (C=O) groups excluding carboxylic acids is 2. The number of aromatic nitrogens is 3. The van der Waals surface area contributed by atoms with Crippen molar-refractivity contribution in [2.24, 2.45) is 5.73 Å². The zero-order valence-electron chi connectivity index (χ0n) is 16.9. The van der Waals surface area contributed by atoms with E-state index in [9.17, 15) is 14.4 Å². The maximum atomic E-state index is 13.5. The van der Waals surface area contributed by atoms with Gasteiger partial charge in [-0.3, -0.25) is 19.0 Å². The monoisotopic (exact) mass is 447 g/mol. The third kappa shape index (κ3) is 3.83. The number of pyridine rings is 1. The summed E-state index contributed by atoms with van der Waals surface area (Å²) >= 11 is 6.32. The summed E-state index contributed by atoms with van der Waals surface area (Å²) in [5.74, 6) is -1.50. The first-order valence-electron chi connectivity index (χ1n) is 9.69. The molecule has 8 nitrogen and oxygen atoms in total. The fourth-order valence-electron chi connectivity index (χ4n) is 3.53. The zero-order chi connectivity index (χ0) is 22.8. The minimum absolute atomic E-state index is 0.190. The van der Waals surface area contributed by atoms with Crippen LogP contribution in [0.5, 0.6) is 0 Å². The van der Waals surface area contributed by atoms with Crippen molar-refractivity contribution in [2.45, 2.75) is 13.0 Å². The Labute approximate surface area is 187 Å². The van der Waals surface area contributed by atoms with E-state index in [1.54, 1.807) is 43.3 Å². The first kappa shape index (κ1) is 21.2. The van der Waals surface area contributed by atoms with Crippen LogP contribution in [0.15, 0.2) is 71.8 Å². The van der Waals surface area contributed by atoms with E-state index in [-0.39, 0.29) is 16.9 Å². The van der Waals surface area contributed by atoms with Gasteiger partial charge in [0.15, 0.2) is 11.4 Å². The molecule has 32 heavy (non-hydrogen) atoms. The standard InChI is InChI=1S/C23H18ClN5O3/c1-13(28-22(31)20-19(21(25)30)26-10-11-27-20)17-12-14-6-5-9-16(24)18(14)23(32)29(17)15-7-3-2-4-8-15/h2-13H,1H3,(H2,25,30)(H,28,31). The quantitative estimate of drug-likeness (QED) is 0.487. The second-order valence-corrected chi connectivity index (χ2v) is 7.47. The van der Waals surface area contributed by atoms with E-state index in [1.165, 1.54) is 17.0 Å². The summed E-state index contributed by atoms with van der Waals surface area (Å²) in [7, 11) is 0. The molecule has 0 aliphatic carbocycles. The van der Waals surface area contributed by atoms with Crippen LogP contribution in [0.25, 0.3) is 16.5 Å². The highest BCUT2D eigenvalue weighted by molar-refractivity contribution is 6.35. The largest absolute Gasteiger partial charge is 0.364 e. The van der Waals surface area contributed by atoms with Gasteiger partial charge in [0.25, 0.3) is 17.4 Å². The molecule has 0 saturated carbocycles. The van der Waals surface area contributed by atoms with Crippen molar-refractivity contribution >= 4 is 34.2 Å². The van der Waals surface area contributed by atoms with Crippen LogP contribution < -0.4 is 16.6 Å². The lowest BCUT2D eigenvalue weighted by molar-refractivity contribution is 0.0916. The lowest BCUT2D eigenvalue weighted by Gasteiger charge is -2.21. The summed E-state index contributed by atoms with van der Waals surface area (Å²) in [5.41, 5.74) is 5.72. The van der Waals surface area contributed by atoms with E-state index in [0.717, 1.165) is 0 Å². The smallest absolute Gasteiger partial charge is 0.272 e. The molecule has 0 aliphatic rings. The minimum Gasteiger partial charge on any atom is -0.364 e. The summed E-state index contributed by atoms with van der Waals surface area (Å²) in [6.45, 7) is 1.73. The molecule has 2 aromatic carbocycles. The number of benzene rings is 2. The summed E-state index contributed by atoms with van der Waals surface area (Å²) in [5, 5.41) is 4.14. The maximum absolute atomic E-state index is 13.5. The van der Waals surface area contributed by atoms with E-state index in [1.807, 2.05) is 18.2 Å². The molecule has 4 aromatic rings. The van der Waals surface area contributed by atoms with E-state index in [0.29, 0.717) is 27.2 Å². The zero-order valence-corrected chi connectivity index (χ0v) is 17.7. The average Bonchev–Trinajstić information content (AvgIpc) is 2.79. The molecule has 2 amide bonds. The number of hydrogen-bond donors (Lipinski definition) is 2. The number of halogens is 1. The highest BCUT2D eigenvalue weighted by Gasteiger charge is 2.23. The van der Waals surface area contributed by atoms with Gasteiger partial charge in [0.1, 0.15) is 0 Å². The van der Waals surface area contributed by atoms with Crippen LogP contribution in [0, 0.1) is 0 Å². The van der Waals surface area contributed by atoms with Crippen molar-refractivity contribution in [1.82, 2.24) is 19.9 Å². The minimum atomic E-state index is -0.863. The van der Waals surface area contributed by atoms with E-state index < -0.39 is 17.9 Å². The highest BCUT2D eigenvalue weighted by atomic mass is 35.5. The second-order valence-electron chi connectivity index (χ2n) is 7.06. The number of nitrogens with zero attached hydrogens (tertiary/aromatic N) is 3. The SMILES string of the molecule is CC(NC(=O)c1nccnc1C(N)=O)c1cc2cccc(Cl)c2c(=O)n1-c1ccccc1. The lowest BCUT2D eigenvalue weighted by atomic mass is 10.1. The van der Waals surface area contributed by atoms with Crippen LogP contribution in [-0.2, 0) is 0 Å². The Balaban J connectivity index is 1.84. The van der Waals surface area contributed by atoms with Crippen molar-refractivity contribution in [3.8, 4) is 5.69 Å². The topological polar surface area (TPSA) is 120 Å². The Bertz CT molecular complexity index is 1400. The summed E-state index contributed by atoms with van der Waals surface area (Å²) < 4.78 is 1.50. The predicted octanol–water partition coefficient (Wildman–Crippen LogP) is 3.02. The Kier molecular flexibility index (Phi) is 5.70. The van der Waals surface area contributed by atoms with Crippen LogP contribution in [0.3, 0.4) is 0 Å². The van der Waals surface area contributed by atoms with Crippen molar-refractivity contribution < 1.29 is 9.59 Å². The number of rotatable bonds is 5. The van der Waals surface area contributed by atoms with Crippen LogP contribution >= 0.6 is 11.6 Å². The van der Waals surface area contributed by atoms with Crippen molar-refractivity contribution in [1.29, 1.82) is 0 Å². The molecule has 1 atom stereocenters. The van der Waals surface area contributed by atoms with Gasteiger partial charge >= 0.3 is 0 Å². The summed E-state index contributed by atoms with van der Waals surface area (Å²) in [6.07, 6.45) is 2.57. The van der Waals surface area contributed by atoms with Gasteiger partial charge in [-0.2, -0.15) is 0 Å². The molecule has 160 valence electrons. The molecule has 3 N–H and O–H groups in total. The molecule has 0 saturated heterocycles. The molecule has 4 rings (SSSR count). The van der Waals surface area contributed by atoms with Gasteiger partial charge in [-0.05, 0) is 36.6 Å². The van der Waals surface area contributed by atoms with Gasteiger partial charge in [-0.25, -0.2) is 9.97 Å². The maximum Gasteiger partial charge on any atom is 0.272 e. The molecule has 0 fully saturated rings. The van der Waals surface area contributed by atoms with Gasteiger partial charge in [-0.1, -0.05) is 41.9 Å². The molecule has 0 radical (unpaired) electrons. The van der Waals surface area contributed by atoms with Gasteiger partial charge in [0.2, 0.25) is 0 Å². The summed E-state index contributed by atoms with van der Waals surface area (Å²) in [4.78, 5) is 45.7. The molecule has 0 bridgehead atoms. The predicted molar refractivity (Wildman–Crippen MR) is 121 cm³/mol.